The number of nitrogens with zero attached hydrogens (tertiary/aromatic N) is 4. The van der Waals surface area contributed by atoms with Gasteiger partial charge in [-0.3, -0.25) is 0 Å². The SMILES string of the molecule is O=C(O)N1CC2CCC(C1)N2c1nc(F)nc2c(F)c(Br)c(Cl)cc12. The Labute approximate surface area is 154 Å². The zero-order valence-corrected chi connectivity index (χ0v) is 15.1. The number of amides is 1. The standard InChI is InChI=1S/C15H12BrClF2N4O2/c16-10-9(17)3-8-12(11(10)18)20-14(19)21-13(8)23-6-1-2-7(23)5-22(4-6)15(24)25/h3,6-7H,1-2,4-5H2,(H,24,25). The normalized spacial score (nSPS) is 22.7. The van der Waals surface area contributed by atoms with E-state index in [9.17, 15) is 18.7 Å². The lowest BCUT2D eigenvalue weighted by Crippen LogP contribution is -2.55. The number of carboxylic acid groups (broad SMARTS) is 1. The second kappa shape index (κ2) is 5.91. The molecule has 6 nitrogen and oxygen atoms in total. The third-order valence-corrected chi connectivity index (χ3v) is 6.08. The lowest BCUT2D eigenvalue weighted by molar-refractivity contribution is 0.133. The number of carbonyl (C=O) groups is 1. The van der Waals surface area contributed by atoms with Gasteiger partial charge in [-0.1, -0.05) is 11.6 Å². The van der Waals surface area contributed by atoms with Crippen molar-refractivity contribution < 1.29 is 18.7 Å². The predicted octanol–water partition coefficient (Wildman–Crippen LogP) is 3.65. The van der Waals surface area contributed by atoms with Gasteiger partial charge in [0.05, 0.1) is 9.50 Å². The molecule has 4 rings (SSSR count). The fourth-order valence-corrected chi connectivity index (χ4v) is 4.23. The fraction of sp³-hybridized carbons (Fsp3) is 0.400. The Morgan fingerprint density at radius 1 is 1.28 bits per heavy atom. The van der Waals surface area contributed by atoms with Crippen LogP contribution in [0.3, 0.4) is 0 Å². The summed E-state index contributed by atoms with van der Waals surface area (Å²) in [6.07, 6.45) is -0.494. The average Bonchev–Trinajstić information content (AvgIpc) is 2.82. The first-order chi connectivity index (χ1) is 11.9. The van der Waals surface area contributed by atoms with E-state index in [-0.39, 0.29) is 32.9 Å². The van der Waals surface area contributed by atoms with Crippen LogP contribution in [0.4, 0.5) is 19.4 Å². The molecular weight excluding hydrogens is 422 g/mol. The molecule has 0 spiro atoms. The quantitative estimate of drug-likeness (QED) is 0.549. The maximum absolute atomic E-state index is 14.5. The van der Waals surface area contributed by atoms with Gasteiger partial charge in [0.15, 0.2) is 5.82 Å². The molecule has 0 radical (unpaired) electrons. The van der Waals surface area contributed by atoms with Crippen LogP contribution in [0.15, 0.2) is 10.5 Å². The highest BCUT2D eigenvalue weighted by molar-refractivity contribution is 9.10. The van der Waals surface area contributed by atoms with Crippen LogP contribution in [0.1, 0.15) is 12.8 Å². The van der Waals surface area contributed by atoms with Gasteiger partial charge < -0.3 is 14.9 Å². The summed E-state index contributed by atoms with van der Waals surface area (Å²) < 4.78 is 28.5. The molecule has 2 fully saturated rings. The smallest absolute Gasteiger partial charge is 0.407 e. The topological polar surface area (TPSA) is 69.6 Å². The summed E-state index contributed by atoms with van der Waals surface area (Å²) in [5.41, 5.74) is -0.154. The van der Waals surface area contributed by atoms with E-state index < -0.39 is 18.0 Å². The molecule has 1 aromatic heterocycles. The Kier molecular flexibility index (Phi) is 3.95. The lowest BCUT2D eigenvalue weighted by Gasteiger charge is -2.40. The van der Waals surface area contributed by atoms with Gasteiger partial charge in [-0.05, 0) is 34.8 Å². The maximum atomic E-state index is 14.5. The number of fused-ring (bicyclic) bond motifs is 3. The number of piperazine rings is 1. The van der Waals surface area contributed by atoms with E-state index in [1.807, 2.05) is 4.90 Å². The number of likely N-dealkylation sites (tertiary alicyclic amines) is 1. The molecule has 10 heteroatoms. The van der Waals surface area contributed by atoms with E-state index in [1.54, 1.807) is 0 Å². The molecule has 1 N–H and O–H groups in total. The Hall–Kier alpha value is -1.74. The molecule has 2 aliphatic rings. The van der Waals surface area contributed by atoms with Gasteiger partial charge in [0, 0.05) is 30.6 Å². The predicted molar refractivity (Wildman–Crippen MR) is 91.1 cm³/mol. The Balaban J connectivity index is 1.86. The van der Waals surface area contributed by atoms with Crippen LogP contribution < -0.4 is 4.90 Å². The minimum absolute atomic E-state index is 0.0179. The first-order valence-corrected chi connectivity index (χ1v) is 8.81. The Morgan fingerprint density at radius 3 is 2.52 bits per heavy atom. The van der Waals surface area contributed by atoms with Crippen molar-refractivity contribution in [1.82, 2.24) is 14.9 Å². The highest BCUT2D eigenvalue weighted by Gasteiger charge is 2.43. The summed E-state index contributed by atoms with van der Waals surface area (Å²) in [6, 6.07) is 1.22. The molecule has 2 bridgehead atoms. The molecule has 2 atom stereocenters. The fourth-order valence-electron chi connectivity index (χ4n) is 3.73. The number of benzene rings is 1. The van der Waals surface area contributed by atoms with Gasteiger partial charge in [0.25, 0.3) is 0 Å². The van der Waals surface area contributed by atoms with Gasteiger partial charge in [-0.2, -0.15) is 14.4 Å². The van der Waals surface area contributed by atoms with Crippen molar-refractivity contribution in [3.63, 3.8) is 0 Å². The van der Waals surface area contributed by atoms with E-state index in [2.05, 4.69) is 25.9 Å². The summed E-state index contributed by atoms with van der Waals surface area (Å²) >= 11 is 9.09. The number of rotatable bonds is 1. The number of halogens is 4. The van der Waals surface area contributed by atoms with E-state index in [4.69, 9.17) is 11.6 Å². The summed E-state index contributed by atoms with van der Waals surface area (Å²) in [4.78, 5) is 22.0. The minimum Gasteiger partial charge on any atom is -0.465 e. The molecule has 1 amide bonds. The van der Waals surface area contributed by atoms with E-state index >= 15 is 0 Å². The van der Waals surface area contributed by atoms with Crippen LogP contribution in [0.25, 0.3) is 10.9 Å². The first kappa shape index (κ1) is 16.7. The van der Waals surface area contributed by atoms with Crippen LogP contribution in [0, 0.1) is 11.9 Å². The number of anilines is 1. The summed E-state index contributed by atoms with van der Waals surface area (Å²) in [5.74, 6) is -0.491. The average molecular weight is 434 g/mol. The van der Waals surface area contributed by atoms with Gasteiger partial charge in [0.1, 0.15) is 11.3 Å². The van der Waals surface area contributed by atoms with Crippen LogP contribution in [0.2, 0.25) is 5.02 Å². The molecule has 1 aromatic carbocycles. The summed E-state index contributed by atoms with van der Waals surface area (Å²) in [6.45, 7) is 0.595. The summed E-state index contributed by atoms with van der Waals surface area (Å²) in [7, 11) is 0. The minimum atomic E-state index is -1.03. The first-order valence-electron chi connectivity index (χ1n) is 7.63. The van der Waals surface area contributed by atoms with Crippen molar-refractivity contribution >= 4 is 50.3 Å². The molecule has 0 aliphatic carbocycles. The van der Waals surface area contributed by atoms with Gasteiger partial charge in [0.2, 0.25) is 0 Å². The second-order valence-corrected chi connectivity index (χ2v) is 7.38. The number of hydrogen-bond acceptors (Lipinski definition) is 4. The highest BCUT2D eigenvalue weighted by atomic mass is 79.9. The lowest BCUT2D eigenvalue weighted by atomic mass is 10.1. The molecule has 0 saturated carbocycles. The van der Waals surface area contributed by atoms with Gasteiger partial charge in [-0.25, -0.2) is 9.18 Å². The van der Waals surface area contributed by atoms with Crippen LogP contribution in [-0.2, 0) is 0 Å². The molecule has 2 unspecified atom stereocenters. The van der Waals surface area contributed by atoms with Crippen LogP contribution >= 0.6 is 27.5 Å². The van der Waals surface area contributed by atoms with Crippen molar-refractivity contribution in [2.24, 2.45) is 0 Å². The molecule has 2 aromatic rings. The Morgan fingerprint density at radius 2 is 1.92 bits per heavy atom. The van der Waals surface area contributed by atoms with Crippen molar-refractivity contribution in [2.45, 2.75) is 24.9 Å². The van der Waals surface area contributed by atoms with E-state index in [0.29, 0.717) is 18.5 Å². The zero-order chi connectivity index (χ0) is 17.9. The molecule has 25 heavy (non-hydrogen) atoms. The molecular formula is C15H12BrClF2N4O2. The van der Waals surface area contributed by atoms with Crippen LogP contribution in [-0.4, -0.2) is 51.2 Å². The number of hydrogen-bond donors (Lipinski definition) is 1. The summed E-state index contributed by atoms with van der Waals surface area (Å²) in [5, 5.41) is 9.68. The number of aromatic nitrogens is 2. The maximum Gasteiger partial charge on any atom is 0.407 e. The van der Waals surface area contributed by atoms with Gasteiger partial charge in [-0.15, -0.1) is 0 Å². The monoisotopic (exact) mass is 432 g/mol. The zero-order valence-electron chi connectivity index (χ0n) is 12.7. The molecule has 2 saturated heterocycles. The second-order valence-electron chi connectivity index (χ2n) is 6.18. The van der Waals surface area contributed by atoms with Gasteiger partial charge >= 0.3 is 12.2 Å². The highest BCUT2D eigenvalue weighted by Crippen LogP contribution is 2.40. The van der Waals surface area contributed by atoms with Crippen molar-refractivity contribution in [2.75, 3.05) is 18.0 Å². The molecule has 2 aliphatic heterocycles. The van der Waals surface area contributed by atoms with E-state index in [1.165, 1.54) is 11.0 Å². The van der Waals surface area contributed by atoms with Crippen molar-refractivity contribution in [3.05, 3.63) is 27.5 Å². The molecule has 3 heterocycles. The largest absolute Gasteiger partial charge is 0.465 e. The van der Waals surface area contributed by atoms with Crippen molar-refractivity contribution in [1.29, 1.82) is 0 Å². The Bertz CT molecular complexity index is 886. The van der Waals surface area contributed by atoms with E-state index in [0.717, 1.165) is 12.8 Å². The third-order valence-electron chi connectivity index (χ3n) is 4.78. The third kappa shape index (κ3) is 2.60. The van der Waals surface area contributed by atoms with Crippen LogP contribution in [0.5, 0.6) is 0 Å². The molecule has 132 valence electrons. The van der Waals surface area contributed by atoms with Crippen molar-refractivity contribution in [3.8, 4) is 0 Å².